The van der Waals surface area contributed by atoms with E-state index in [1.54, 1.807) is 0 Å². The number of ether oxygens (including phenoxy) is 3. The van der Waals surface area contributed by atoms with E-state index in [1.807, 2.05) is 0 Å². The molecule has 0 aromatic carbocycles. The average molecular weight is 909 g/mol. The molecular formula is C59H104O6. The van der Waals surface area contributed by atoms with Gasteiger partial charge in [-0.05, 0) is 103 Å². The number of hydrogen-bond donors (Lipinski definition) is 0. The number of carbonyl (C=O) groups is 3. The molecule has 0 aromatic rings. The summed E-state index contributed by atoms with van der Waals surface area (Å²) in [6.45, 7) is 6.57. The lowest BCUT2D eigenvalue weighted by molar-refractivity contribution is -0.167. The highest BCUT2D eigenvalue weighted by molar-refractivity contribution is 5.71. The molecule has 0 saturated heterocycles. The van der Waals surface area contributed by atoms with Crippen molar-refractivity contribution >= 4 is 17.9 Å². The summed E-state index contributed by atoms with van der Waals surface area (Å²) in [6.07, 6.45) is 66.4. The molecule has 0 aliphatic rings. The van der Waals surface area contributed by atoms with Crippen molar-refractivity contribution in [3.63, 3.8) is 0 Å². The summed E-state index contributed by atoms with van der Waals surface area (Å²) in [5.74, 6) is -0.955. The molecular weight excluding hydrogens is 805 g/mol. The molecule has 0 rings (SSSR count). The predicted octanol–water partition coefficient (Wildman–Crippen LogP) is 18.4. The Morgan fingerprint density at radius 2 is 0.569 bits per heavy atom. The highest BCUT2D eigenvalue weighted by Gasteiger charge is 2.19. The van der Waals surface area contributed by atoms with Crippen molar-refractivity contribution in [2.75, 3.05) is 13.2 Å². The van der Waals surface area contributed by atoms with Gasteiger partial charge in [-0.15, -0.1) is 0 Å². The molecule has 0 bridgehead atoms. The van der Waals surface area contributed by atoms with Gasteiger partial charge < -0.3 is 14.2 Å². The van der Waals surface area contributed by atoms with Crippen LogP contribution in [0.15, 0.2) is 60.8 Å². The zero-order chi connectivity index (χ0) is 47.2. The fourth-order valence-electron chi connectivity index (χ4n) is 7.74. The van der Waals surface area contributed by atoms with Crippen LogP contribution in [0.5, 0.6) is 0 Å². The third-order valence-corrected chi connectivity index (χ3v) is 12.0. The largest absolute Gasteiger partial charge is 0.462 e. The first kappa shape index (κ1) is 62.1. The van der Waals surface area contributed by atoms with Crippen LogP contribution in [-0.2, 0) is 28.6 Å². The Labute approximate surface area is 402 Å². The van der Waals surface area contributed by atoms with Gasteiger partial charge in [-0.2, -0.15) is 0 Å². The maximum atomic E-state index is 12.8. The van der Waals surface area contributed by atoms with Gasteiger partial charge in [0.25, 0.3) is 0 Å². The molecule has 0 aromatic heterocycles. The predicted molar refractivity (Wildman–Crippen MR) is 279 cm³/mol. The Morgan fingerprint density at radius 3 is 0.954 bits per heavy atom. The van der Waals surface area contributed by atoms with Crippen LogP contribution in [0.4, 0.5) is 0 Å². The minimum atomic E-state index is -0.799. The standard InChI is InChI=1S/C59H104O6/c1-4-7-10-13-16-19-22-25-27-29-31-34-37-40-43-46-49-52-58(61)64-55-56(54-63-57(60)51-48-45-42-39-36-33-24-21-18-15-12-9-6-3)65-59(62)53-50-47-44-41-38-35-32-30-28-26-23-20-17-14-11-8-5-2/h21,24-28,31,34,40,43,56H,4-20,22-23,29-30,32-33,35-39,41-42,44-55H2,1-3H3/b24-21-,27-25-,28-26-,34-31-,43-40-/t56-/m0/s1. The number of unbranched alkanes of at least 4 members (excludes halogenated alkanes) is 29. The van der Waals surface area contributed by atoms with Gasteiger partial charge in [0, 0.05) is 19.3 Å². The number of carbonyl (C=O) groups excluding carboxylic acids is 3. The van der Waals surface area contributed by atoms with Crippen molar-refractivity contribution in [3.8, 4) is 0 Å². The molecule has 376 valence electrons. The summed E-state index contributed by atoms with van der Waals surface area (Å²) >= 11 is 0. The van der Waals surface area contributed by atoms with E-state index in [2.05, 4.69) is 81.5 Å². The molecule has 0 unspecified atom stereocenters. The Balaban J connectivity index is 4.45. The Hall–Kier alpha value is -2.89. The summed E-state index contributed by atoms with van der Waals surface area (Å²) in [5.41, 5.74) is 0. The molecule has 6 heteroatoms. The maximum Gasteiger partial charge on any atom is 0.306 e. The third kappa shape index (κ3) is 51.9. The van der Waals surface area contributed by atoms with Gasteiger partial charge in [0.1, 0.15) is 13.2 Å². The van der Waals surface area contributed by atoms with E-state index in [-0.39, 0.29) is 37.5 Å². The third-order valence-electron chi connectivity index (χ3n) is 12.0. The topological polar surface area (TPSA) is 78.9 Å². The van der Waals surface area contributed by atoms with Crippen molar-refractivity contribution in [2.24, 2.45) is 0 Å². The van der Waals surface area contributed by atoms with E-state index in [0.717, 1.165) is 64.2 Å². The van der Waals surface area contributed by atoms with Crippen LogP contribution in [0.25, 0.3) is 0 Å². The van der Waals surface area contributed by atoms with Crippen molar-refractivity contribution in [3.05, 3.63) is 60.8 Å². The lowest BCUT2D eigenvalue weighted by atomic mass is 10.1. The Morgan fingerprint density at radius 1 is 0.308 bits per heavy atom. The lowest BCUT2D eigenvalue weighted by Gasteiger charge is -2.18. The summed E-state index contributed by atoms with van der Waals surface area (Å²) in [5, 5.41) is 0. The molecule has 0 radical (unpaired) electrons. The zero-order valence-electron chi connectivity index (χ0n) is 43.0. The molecule has 0 heterocycles. The number of rotatable bonds is 50. The lowest BCUT2D eigenvalue weighted by Crippen LogP contribution is -2.30. The van der Waals surface area contributed by atoms with Gasteiger partial charge >= 0.3 is 17.9 Å². The summed E-state index contributed by atoms with van der Waals surface area (Å²) < 4.78 is 16.8. The maximum absolute atomic E-state index is 12.8. The van der Waals surface area contributed by atoms with Gasteiger partial charge in [0.2, 0.25) is 0 Å². The van der Waals surface area contributed by atoms with Gasteiger partial charge in [-0.25, -0.2) is 0 Å². The molecule has 0 aliphatic heterocycles. The van der Waals surface area contributed by atoms with Gasteiger partial charge in [-0.1, -0.05) is 216 Å². The molecule has 0 saturated carbocycles. The van der Waals surface area contributed by atoms with E-state index in [0.29, 0.717) is 19.3 Å². The minimum Gasteiger partial charge on any atom is -0.462 e. The second kappa shape index (κ2) is 53.7. The average Bonchev–Trinajstić information content (AvgIpc) is 3.30. The van der Waals surface area contributed by atoms with E-state index in [1.165, 1.54) is 167 Å². The molecule has 6 nitrogen and oxygen atoms in total. The van der Waals surface area contributed by atoms with E-state index in [9.17, 15) is 14.4 Å². The van der Waals surface area contributed by atoms with Gasteiger partial charge in [0.05, 0.1) is 0 Å². The molecule has 0 N–H and O–H groups in total. The number of esters is 3. The van der Waals surface area contributed by atoms with Crippen LogP contribution in [0.1, 0.15) is 278 Å². The van der Waals surface area contributed by atoms with Crippen LogP contribution in [0.2, 0.25) is 0 Å². The van der Waals surface area contributed by atoms with Crippen LogP contribution in [0.3, 0.4) is 0 Å². The molecule has 0 amide bonds. The molecule has 0 fully saturated rings. The van der Waals surface area contributed by atoms with Crippen LogP contribution in [-0.4, -0.2) is 37.2 Å². The Bertz CT molecular complexity index is 1180. The highest BCUT2D eigenvalue weighted by Crippen LogP contribution is 2.14. The fraction of sp³-hybridized carbons (Fsp3) is 0.780. The van der Waals surface area contributed by atoms with Crippen molar-refractivity contribution in [2.45, 2.75) is 284 Å². The summed E-state index contributed by atoms with van der Waals surface area (Å²) in [7, 11) is 0. The summed E-state index contributed by atoms with van der Waals surface area (Å²) in [4.78, 5) is 38.0. The fourth-order valence-corrected chi connectivity index (χ4v) is 7.74. The second-order valence-corrected chi connectivity index (χ2v) is 18.5. The molecule has 65 heavy (non-hydrogen) atoms. The van der Waals surface area contributed by atoms with Crippen LogP contribution >= 0.6 is 0 Å². The molecule has 1 atom stereocenters. The Kier molecular flexibility index (Phi) is 51.3. The monoisotopic (exact) mass is 909 g/mol. The van der Waals surface area contributed by atoms with E-state index >= 15 is 0 Å². The highest BCUT2D eigenvalue weighted by atomic mass is 16.6. The first-order valence-corrected chi connectivity index (χ1v) is 27.8. The normalized spacial score (nSPS) is 12.5. The first-order valence-electron chi connectivity index (χ1n) is 27.8. The van der Waals surface area contributed by atoms with Crippen molar-refractivity contribution in [1.29, 1.82) is 0 Å². The molecule has 0 spiro atoms. The van der Waals surface area contributed by atoms with E-state index in [4.69, 9.17) is 14.2 Å². The molecule has 0 aliphatic carbocycles. The number of allylic oxidation sites excluding steroid dienone is 10. The first-order chi connectivity index (χ1) is 32.0. The summed E-state index contributed by atoms with van der Waals surface area (Å²) in [6, 6.07) is 0. The smallest absolute Gasteiger partial charge is 0.306 e. The van der Waals surface area contributed by atoms with E-state index < -0.39 is 6.10 Å². The van der Waals surface area contributed by atoms with Crippen LogP contribution < -0.4 is 0 Å². The van der Waals surface area contributed by atoms with Gasteiger partial charge in [-0.3, -0.25) is 14.4 Å². The van der Waals surface area contributed by atoms with Crippen LogP contribution in [0, 0.1) is 0 Å². The minimum absolute atomic E-state index is 0.0952. The second-order valence-electron chi connectivity index (χ2n) is 18.5. The van der Waals surface area contributed by atoms with Crippen molar-refractivity contribution < 1.29 is 28.6 Å². The van der Waals surface area contributed by atoms with Gasteiger partial charge in [0.15, 0.2) is 6.10 Å². The van der Waals surface area contributed by atoms with Crippen molar-refractivity contribution in [1.82, 2.24) is 0 Å². The SMILES string of the molecule is CCCCCC/C=C\CCCCCCCC(=O)OC[C@@H](COC(=O)CCC/C=C\C/C=C\C/C=C\CCCCCCCC)OC(=O)CCCCCCCCC/C=C\CCCCCCCC. The zero-order valence-corrected chi connectivity index (χ0v) is 43.0. The number of hydrogen-bond acceptors (Lipinski definition) is 6. The quantitative estimate of drug-likeness (QED) is 0.0262.